The Hall–Kier alpha value is -1.40. The SMILES string of the molecule is CC1CN(C(CCc2ccccc2)C(=O)O)S(=O)(=O)C1. The molecule has 1 N–H and O–H groups in total. The van der Waals surface area contributed by atoms with Crippen LogP contribution in [0.25, 0.3) is 0 Å². The summed E-state index contributed by atoms with van der Waals surface area (Å²) in [6.07, 6.45) is 0.851. The summed E-state index contributed by atoms with van der Waals surface area (Å²) in [5.41, 5.74) is 1.02. The maximum atomic E-state index is 12.0. The van der Waals surface area contributed by atoms with E-state index in [9.17, 15) is 18.3 Å². The second kappa shape index (κ2) is 5.93. The molecule has 1 aromatic rings. The van der Waals surface area contributed by atoms with Crippen LogP contribution in [0.3, 0.4) is 0 Å². The van der Waals surface area contributed by atoms with Crippen molar-refractivity contribution in [3.63, 3.8) is 0 Å². The smallest absolute Gasteiger partial charge is 0.322 e. The van der Waals surface area contributed by atoms with Crippen molar-refractivity contribution in [3.05, 3.63) is 35.9 Å². The van der Waals surface area contributed by atoms with Gasteiger partial charge in [0.05, 0.1) is 5.75 Å². The molecule has 0 saturated carbocycles. The zero-order valence-corrected chi connectivity index (χ0v) is 12.2. The first-order chi connectivity index (χ1) is 9.40. The summed E-state index contributed by atoms with van der Waals surface area (Å²) in [6.45, 7) is 2.13. The van der Waals surface area contributed by atoms with E-state index < -0.39 is 22.0 Å². The van der Waals surface area contributed by atoms with E-state index in [0.29, 0.717) is 19.4 Å². The van der Waals surface area contributed by atoms with E-state index in [-0.39, 0.29) is 11.7 Å². The van der Waals surface area contributed by atoms with Crippen LogP contribution in [-0.4, -0.2) is 42.1 Å². The Bertz CT molecular complexity index is 570. The van der Waals surface area contributed by atoms with Gasteiger partial charge in [-0.15, -0.1) is 0 Å². The van der Waals surface area contributed by atoms with Crippen molar-refractivity contribution in [1.29, 1.82) is 0 Å². The molecule has 0 spiro atoms. The lowest BCUT2D eigenvalue weighted by molar-refractivity contribution is -0.141. The van der Waals surface area contributed by atoms with E-state index >= 15 is 0 Å². The van der Waals surface area contributed by atoms with Gasteiger partial charge in [0.15, 0.2) is 0 Å². The van der Waals surface area contributed by atoms with Crippen LogP contribution in [0.4, 0.5) is 0 Å². The van der Waals surface area contributed by atoms with Gasteiger partial charge in [-0.3, -0.25) is 4.79 Å². The molecule has 6 heteroatoms. The third-order valence-electron chi connectivity index (χ3n) is 3.53. The van der Waals surface area contributed by atoms with Crippen LogP contribution in [0.15, 0.2) is 30.3 Å². The van der Waals surface area contributed by atoms with Crippen molar-refractivity contribution >= 4 is 16.0 Å². The molecule has 1 heterocycles. The molecule has 1 aliphatic rings. The minimum Gasteiger partial charge on any atom is -0.480 e. The number of carboxylic acids is 1. The number of sulfonamides is 1. The first kappa shape index (κ1) is 15.0. The molecule has 1 fully saturated rings. The van der Waals surface area contributed by atoms with Crippen LogP contribution >= 0.6 is 0 Å². The topological polar surface area (TPSA) is 74.7 Å². The molecule has 110 valence electrons. The maximum absolute atomic E-state index is 12.0. The lowest BCUT2D eigenvalue weighted by Crippen LogP contribution is -2.42. The van der Waals surface area contributed by atoms with Gasteiger partial charge in [-0.25, -0.2) is 8.42 Å². The summed E-state index contributed by atoms with van der Waals surface area (Å²) in [5.74, 6) is -1.04. The molecule has 0 radical (unpaired) electrons. The minimum absolute atomic E-state index is 0.0152. The maximum Gasteiger partial charge on any atom is 0.322 e. The summed E-state index contributed by atoms with van der Waals surface area (Å²) in [5, 5.41) is 9.32. The van der Waals surface area contributed by atoms with Crippen molar-refractivity contribution < 1.29 is 18.3 Å². The highest BCUT2D eigenvalue weighted by molar-refractivity contribution is 7.89. The highest BCUT2D eigenvalue weighted by Crippen LogP contribution is 2.24. The first-order valence-electron chi connectivity index (χ1n) is 6.66. The molecule has 5 nitrogen and oxygen atoms in total. The molecule has 1 saturated heterocycles. The standard InChI is InChI=1S/C14H19NO4S/c1-11-9-15(20(18,19)10-11)13(14(16)17)8-7-12-5-3-2-4-6-12/h2-6,11,13H,7-10H2,1H3,(H,16,17). The molecule has 0 aromatic heterocycles. The van der Waals surface area contributed by atoms with Crippen LogP contribution in [0.5, 0.6) is 0 Å². The van der Waals surface area contributed by atoms with E-state index in [2.05, 4.69) is 0 Å². The Kier molecular flexibility index (Phi) is 4.45. The van der Waals surface area contributed by atoms with Crippen LogP contribution < -0.4 is 0 Å². The van der Waals surface area contributed by atoms with Crippen molar-refractivity contribution in [2.75, 3.05) is 12.3 Å². The predicted octanol–water partition coefficient (Wildman–Crippen LogP) is 1.35. The van der Waals surface area contributed by atoms with Gasteiger partial charge in [-0.05, 0) is 24.3 Å². The van der Waals surface area contributed by atoms with Gasteiger partial charge in [0, 0.05) is 6.54 Å². The van der Waals surface area contributed by atoms with Gasteiger partial charge in [0.25, 0.3) is 0 Å². The van der Waals surface area contributed by atoms with Gasteiger partial charge >= 0.3 is 5.97 Å². The number of hydrogen-bond donors (Lipinski definition) is 1. The Morgan fingerprint density at radius 2 is 2.05 bits per heavy atom. The number of rotatable bonds is 5. The van der Waals surface area contributed by atoms with Crippen LogP contribution in [0.2, 0.25) is 0 Å². The molecule has 2 unspecified atom stereocenters. The molecule has 0 bridgehead atoms. The summed E-state index contributed by atoms with van der Waals surface area (Å²) < 4.78 is 25.1. The van der Waals surface area contributed by atoms with Crippen molar-refractivity contribution in [2.45, 2.75) is 25.8 Å². The number of nitrogens with zero attached hydrogens (tertiary/aromatic N) is 1. The Morgan fingerprint density at radius 1 is 1.40 bits per heavy atom. The number of aryl methyl sites for hydroxylation is 1. The summed E-state index contributed by atoms with van der Waals surface area (Å²) in [4.78, 5) is 11.4. The minimum atomic E-state index is -3.43. The molecular weight excluding hydrogens is 278 g/mol. The largest absolute Gasteiger partial charge is 0.480 e. The molecule has 1 aromatic carbocycles. The fraction of sp³-hybridized carbons (Fsp3) is 0.500. The number of carboxylic acid groups (broad SMARTS) is 1. The van der Waals surface area contributed by atoms with Crippen LogP contribution in [0, 0.1) is 5.92 Å². The van der Waals surface area contributed by atoms with E-state index in [0.717, 1.165) is 9.87 Å². The van der Waals surface area contributed by atoms with Gasteiger partial charge in [-0.1, -0.05) is 37.3 Å². The van der Waals surface area contributed by atoms with E-state index in [1.165, 1.54) is 0 Å². The fourth-order valence-corrected chi connectivity index (χ4v) is 4.67. The van der Waals surface area contributed by atoms with Gasteiger partial charge in [0.2, 0.25) is 10.0 Å². The predicted molar refractivity (Wildman–Crippen MR) is 75.8 cm³/mol. The second-order valence-corrected chi connectivity index (χ2v) is 7.30. The highest BCUT2D eigenvalue weighted by atomic mass is 32.2. The average molecular weight is 297 g/mol. The number of hydrogen-bond acceptors (Lipinski definition) is 3. The van der Waals surface area contributed by atoms with Crippen molar-refractivity contribution in [2.24, 2.45) is 5.92 Å². The van der Waals surface area contributed by atoms with Crippen molar-refractivity contribution in [3.8, 4) is 0 Å². The molecule has 2 rings (SSSR count). The van der Waals surface area contributed by atoms with E-state index in [1.807, 2.05) is 37.3 Å². The third kappa shape index (κ3) is 3.37. The van der Waals surface area contributed by atoms with Crippen LogP contribution in [-0.2, 0) is 21.2 Å². The lowest BCUT2D eigenvalue weighted by Gasteiger charge is -2.22. The van der Waals surface area contributed by atoms with Gasteiger partial charge in [0.1, 0.15) is 6.04 Å². The molecule has 0 amide bonds. The van der Waals surface area contributed by atoms with Crippen LogP contribution in [0.1, 0.15) is 18.9 Å². The fourth-order valence-electron chi connectivity index (χ4n) is 2.59. The van der Waals surface area contributed by atoms with E-state index in [4.69, 9.17) is 0 Å². The summed E-state index contributed by atoms with van der Waals surface area (Å²) in [7, 11) is -3.43. The second-order valence-electron chi connectivity index (χ2n) is 5.33. The Labute approximate surface area is 119 Å². The number of carbonyl (C=O) groups is 1. The third-order valence-corrected chi connectivity index (χ3v) is 5.63. The van der Waals surface area contributed by atoms with Gasteiger partial charge in [-0.2, -0.15) is 4.31 Å². The van der Waals surface area contributed by atoms with Crippen molar-refractivity contribution in [1.82, 2.24) is 4.31 Å². The molecular formula is C14H19NO4S. The molecule has 20 heavy (non-hydrogen) atoms. The number of benzene rings is 1. The molecule has 1 aliphatic heterocycles. The average Bonchev–Trinajstić information content (AvgIpc) is 2.64. The van der Waals surface area contributed by atoms with E-state index in [1.54, 1.807) is 0 Å². The zero-order valence-electron chi connectivity index (χ0n) is 11.4. The molecule has 0 aliphatic carbocycles. The lowest BCUT2D eigenvalue weighted by atomic mass is 10.0. The first-order valence-corrected chi connectivity index (χ1v) is 8.27. The normalized spacial score (nSPS) is 23.6. The monoisotopic (exact) mass is 297 g/mol. The summed E-state index contributed by atoms with van der Waals surface area (Å²) >= 11 is 0. The highest BCUT2D eigenvalue weighted by Gasteiger charge is 2.41. The molecule has 2 atom stereocenters. The number of aliphatic carboxylic acids is 1. The quantitative estimate of drug-likeness (QED) is 0.890. The zero-order chi connectivity index (χ0) is 14.8. The Morgan fingerprint density at radius 3 is 2.55 bits per heavy atom. The Balaban J connectivity index is 2.10. The summed E-state index contributed by atoms with van der Waals surface area (Å²) in [6, 6.07) is 8.54. The van der Waals surface area contributed by atoms with Gasteiger partial charge < -0.3 is 5.11 Å².